The number of carbonyl (C=O) groups excluding carboxylic acids is 1. The second-order valence-electron chi connectivity index (χ2n) is 5.59. The minimum Gasteiger partial charge on any atom is -0.368 e. The van der Waals surface area contributed by atoms with Crippen molar-refractivity contribution in [1.29, 1.82) is 0 Å². The van der Waals surface area contributed by atoms with Gasteiger partial charge in [0.1, 0.15) is 0 Å². The molecule has 116 valence electrons. The number of nitrogens with one attached hydrogen (secondary N) is 1. The first-order valence-electron chi connectivity index (χ1n) is 7.66. The third-order valence-electron chi connectivity index (χ3n) is 4.01. The molecule has 1 aromatic carbocycles. The molecular weight excluding hydrogens is 286 g/mol. The van der Waals surface area contributed by atoms with E-state index in [4.69, 9.17) is 17.3 Å². The minimum atomic E-state index is -0.295. The van der Waals surface area contributed by atoms with Crippen LogP contribution in [-0.2, 0) is 11.3 Å². The summed E-state index contributed by atoms with van der Waals surface area (Å²) in [5, 5.41) is 4.03. The monoisotopic (exact) mass is 309 g/mol. The fourth-order valence-corrected chi connectivity index (χ4v) is 3.17. The molecule has 0 unspecified atom stereocenters. The van der Waals surface area contributed by atoms with Crippen molar-refractivity contribution < 1.29 is 4.79 Å². The van der Waals surface area contributed by atoms with E-state index in [0.717, 1.165) is 37.2 Å². The van der Waals surface area contributed by atoms with Crippen molar-refractivity contribution in [3.8, 4) is 0 Å². The number of halogens is 1. The Morgan fingerprint density at radius 3 is 2.76 bits per heavy atom. The van der Waals surface area contributed by atoms with Crippen molar-refractivity contribution >= 4 is 23.2 Å². The van der Waals surface area contributed by atoms with Gasteiger partial charge in [-0.05, 0) is 37.1 Å². The van der Waals surface area contributed by atoms with Crippen molar-refractivity contribution in [2.45, 2.75) is 45.2 Å². The highest BCUT2D eigenvalue weighted by Gasteiger charge is 2.25. The zero-order valence-corrected chi connectivity index (χ0v) is 13.3. The summed E-state index contributed by atoms with van der Waals surface area (Å²) in [7, 11) is 0. The van der Waals surface area contributed by atoms with Gasteiger partial charge in [-0.2, -0.15) is 0 Å². The Kier molecular flexibility index (Phi) is 5.88. The van der Waals surface area contributed by atoms with Crippen LogP contribution in [0.2, 0.25) is 5.02 Å². The Hall–Kier alpha value is -1.26. The highest BCUT2D eigenvalue weighted by atomic mass is 35.5. The molecule has 4 nitrogen and oxygen atoms in total. The van der Waals surface area contributed by atoms with Crippen molar-refractivity contribution in [2.75, 3.05) is 18.0 Å². The summed E-state index contributed by atoms with van der Waals surface area (Å²) in [6, 6.07) is 6.27. The minimum absolute atomic E-state index is 0.254. The van der Waals surface area contributed by atoms with Gasteiger partial charge in [0.25, 0.3) is 0 Å². The largest absolute Gasteiger partial charge is 0.368 e. The van der Waals surface area contributed by atoms with Gasteiger partial charge in [-0.1, -0.05) is 37.4 Å². The van der Waals surface area contributed by atoms with E-state index in [1.807, 2.05) is 18.2 Å². The number of anilines is 1. The number of hydrogen-bond acceptors (Lipinski definition) is 3. The average molecular weight is 310 g/mol. The number of benzene rings is 1. The Morgan fingerprint density at radius 1 is 1.43 bits per heavy atom. The summed E-state index contributed by atoms with van der Waals surface area (Å²) in [6.07, 6.45) is 4.65. The second kappa shape index (κ2) is 7.66. The van der Waals surface area contributed by atoms with Crippen LogP contribution in [0.15, 0.2) is 18.2 Å². The fraction of sp³-hybridized carbons (Fsp3) is 0.562. The van der Waals surface area contributed by atoms with Crippen LogP contribution >= 0.6 is 11.6 Å². The quantitative estimate of drug-likeness (QED) is 0.814. The zero-order valence-electron chi connectivity index (χ0n) is 12.6. The van der Waals surface area contributed by atoms with Crippen LogP contribution < -0.4 is 16.0 Å². The molecule has 0 saturated heterocycles. The summed E-state index contributed by atoms with van der Waals surface area (Å²) in [6.45, 7) is 4.00. The predicted molar refractivity (Wildman–Crippen MR) is 87.6 cm³/mol. The van der Waals surface area contributed by atoms with Gasteiger partial charge >= 0.3 is 0 Å². The lowest BCUT2D eigenvalue weighted by atomic mass is 10.1. The summed E-state index contributed by atoms with van der Waals surface area (Å²) < 4.78 is 0. The number of nitrogens with zero attached hydrogens (tertiary/aromatic N) is 1. The number of hydrogen-bond donors (Lipinski definition) is 2. The SMILES string of the molecule is CCNCc1ccc(Cl)cc1N(CC(N)=O)C1CCCC1. The molecule has 0 heterocycles. The van der Waals surface area contributed by atoms with Crippen LogP contribution in [0.4, 0.5) is 5.69 Å². The van der Waals surface area contributed by atoms with Gasteiger partial charge in [-0.3, -0.25) is 4.79 Å². The molecule has 0 spiro atoms. The molecule has 1 aromatic rings. The maximum Gasteiger partial charge on any atom is 0.236 e. The van der Waals surface area contributed by atoms with Gasteiger partial charge in [-0.25, -0.2) is 0 Å². The van der Waals surface area contributed by atoms with Crippen LogP contribution in [0.3, 0.4) is 0 Å². The number of carbonyl (C=O) groups is 1. The van der Waals surface area contributed by atoms with Crippen LogP contribution in [0.1, 0.15) is 38.2 Å². The van der Waals surface area contributed by atoms with E-state index in [-0.39, 0.29) is 12.5 Å². The van der Waals surface area contributed by atoms with Crippen molar-refractivity contribution in [3.05, 3.63) is 28.8 Å². The lowest BCUT2D eigenvalue weighted by Crippen LogP contribution is -2.41. The summed E-state index contributed by atoms with van der Waals surface area (Å²) >= 11 is 6.17. The molecular formula is C16H24ClN3O. The molecule has 1 amide bonds. The van der Waals surface area contributed by atoms with Crippen LogP contribution in [0, 0.1) is 0 Å². The van der Waals surface area contributed by atoms with E-state index >= 15 is 0 Å². The summed E-state index contributed by atoms with van der Waals surface area (Å²) in [5.41, 5.74) is 7.66. The predicted octanol–water partition coefficient (Wildman–Crippen LogP) is 2.68. The van der Waals surface area contributed by atoms with E-state index in [9.17, 15) is 4.79 Å². The topological polar surface area (TPSA) is 58.4 Å². The zero-order chi connectivity index (χ0) is 15.2. The number of nitrogens with two attached hydrogens (primary N) is 1. The van der Waals surface area contributed by atoms with Gasteiger partial charge in [0, 0.05) is 23.3 Å². The first kappa shape index (κ1) is 16.1. The number of rotatable bonds is 7. The fourth-order valence-electron chi connectivity index (χ4n) is 3.01. The molecule has 1 aliphatic rings. The first-order chi connectivity index (χ1) is 10.1. The first-order valence-corrected chi connectivity index (χ1v) is 8.03. The molecule has 0 radical (unpaired) electrons. The molecule has 1 saturated carbocycles. The molecule has 3 N–H and O–H groups in total. The van der Waals surface area contributed by atoms with Crippen LogP contribution in [-0.4, -0.2) is 25.0 Å². The Balaban J connectivity index is 2.31. The molecule has 0 atom stereocenters. The van der Waals surface area contributed by atoms with Crippen molar-refractivity contribution in [3.63, 3.8) is 0 Å². The van der Waals surface area contributed by atoms with E-state index in [1.54, 1.807) is 0 Å². The van der Waals surface area contributed by atoms with Crippen LogP contribution in [0.5, 0.6) is 0 Å². The lowest BCUT2D eigenvalue weighted by Gasteiger charge is -2.32. The highest BCUT2D eigenvalue weighted by molar-refractivity contribution is 6.30. The molecule has 2 rings (SSSR count). The molecule has 1 fully saturated rings. The van der Waals surface area contributed by atoms with Gasteiger partial charge in [0.05, 0.1) is 6.54 Å². The van der Waals surface area contributed by atoms with Gasteiger partial charge < -0.3 is 16.0 Å². The van der Waals surface area contributed by atoms with Gasteiger partial charge in [0.15, 0.2) is 0 Å². The molecule has 21 heavy (non-hydrogen) atoms. The van der Waals surface area contributed by atoms with Gasteiger partial charge in [0.2, 0.25) is 5.91 Å². The van der Waals surface area contributed by atoms with E-state index in [1.165, 1.54) is 12.8 Å². The standard InChI is InChI=1S/C16H24ClN3O/c1-2-19-10-12-7-8-13(17)9-15(12)20(11-16(18)21)14-5-3-4-6-14/h7-9,14,19H,2-6,10-11H2,1H3,(H2,18,21). The average Bonchev–Trinajstić information content (AvgIpc) is 2.97. The highest BCUT2D eigenvalue weighted by Crippen LogP contribution is 2.32. The lowest BCUT2D eigenvalue weighted by molar-refractivity contribution is -0.116. The third-order valence-corrected chi connectivity index (χ3v) is 4.25. The normalized spacial score (nSPS) is 15.3. The van der Waals surface area contributed by atoms with Crippen molar-refractivity contribution in [1.82, 2.24) is 5.32 Å². The molecule has 0 aromatic heterocycles. The summed E-state index contributed by atoms with van der Waals surface area (Å²) in [5.74, 6) is -0.295. The maximum absolute atomic E-state index is 11.5. The van der Waals surface area contributed by atoms with Gasteiger partial charge in [-0.15, -0.1) is 0 Å². The Labute approximate surface area is 131 Å². The van der Waals surface area contributed by atoms with E-state index in [0.29, 0.717) is 11.1 Å². The van der Waals surface area contributed by atoms with Crippen molar-refractivity contribution in [2.24, 2.45) is 5.73 Å². The molecule has 1 aliphatic carbocycles. The van der Waals surface area contributed by atoms with E-state index in [2.05, 4.69) is 17.1 Å². The molecule has 5 heteroatoms. The smallest absolute Gasteiger partial charge is 0.236 e. The number of amides is 1. The second-order valence-corrected chi connectivity index (χ2v) is 6.02. The molecule has 0 aliphatic heterocycles. The van der Waals surface area contributed by atoms with E-state index < -0.39 is 0 Å². The number of primary amides is 1. The Bertz CT molecular complexity index is 486. The summed E-state index contributed by atoms with van der Waals surface area (Å²) in [4.78, 5) is 13.6. The molecule has 0 bridgehead atoms. The maximum atomic E-state index is 11.5. The van der Waals surface area contributed by atoms with Crippen LogP contribution in [0.25, 0.3) is 0 Å². The Morgan fingerprint density at radius 2 is 2.14 bits per heavy atom. The third kappa shape index (κ3) is 4.35.